The molecule has 0 radical (unpaired) electrons. The number of amides is 1. The summed E-state index contributed by atoms with van der Waals surface area (Å²) in [5.74, 6) is -0.190. The Kier molecular flexibility index (Phi) is 5.64. The molecule has 0 aromatic heterocycles. The Morgan fingerprint density at radius 3 is 2.74 bits per heavy atom. The number of likely N-dealkylation sites (tertiary alicyclic amines) is 1. The molecule has 5 nitrogen and oxygen atoms in total. The monoisotopic (exact) mass is 319 g/mol. The number of benzene rings is 1. The number of carboxylic acid groups (broad SMARTS) is 1. The van der Waals surface area contributed by atoms with E-state index in [0.29, 0.717) is 24.6 Å². The number of nitrogens with zero attached hydrogens (tertiary/aromatic N) is 1. The number of carbonyl (C=O) groups is 2. The van der Waals surface area contributed by atoms with Crippen LogP contribution in [0.5, 0.6) is 5.75 Å². The fourth-order valence-corrected chi connectivity index (χ4v) is 2.95. The van der Waals surface area contributed by atoms with Crippen molar-refractivity contribution in [3.05, 3.63) is 29.3 Å². The first-order chi connectivity index (χ1) is 10.9. The number of carbonyl (C=O) groups excluding carboxylic acids is 1. The molecule has 1 N–H and O–H groups in total. The Hall–Kier alpha value is -2.04. The molecule has 1 saturated heterocycles. The lowest BCUT2D eigenvalue weighted by Crippen LogP contribution is -2.49. The van der Waals surface area contributed by atoms with Gasteiger partial charge in [0.25, 0.3) is 5.91 Å². The second kappa shape index (κ2) is 7.49. The highest BCUT2D eigenvalue weighted by atomic mass is 16.5. The van der Waals surface area contributed by atoms with Crippen LogP contribution in [0.4, 0.5) is 0 Å². The quantitative estimate of drug-likeness (QED) is 0.906. The lowest BCUT2D eigenvalue weighted by Gasteiger charge is -2.32. The maximum atomic E-state index is 12.4. The molecule has 0 spiro atoms. The van der Waals surface area contributed by atoms with Crippen LogP contribution in [0.3, 0.4) is 0 Å². The first-order valence-corrected chi connectivity index (χ1v) is 8.15. The fourth-order valence-electron chi connectivity index (χ4n) is 2.95. The largest absolute Gasteiger partial charge is 0.483 e. The molecular weight excluding hydrogens is 294 g/mol. The van der Waals surface area contributed by atoms with Crippen LogP contribution < -0.4 is 4.74 Å². The van der Waals surface area contributed by atoms with Crippen LogP contribution in [0.1, 0.15) is 50.2 Å². The topological polar surface area (TPSA) is 66.8 Å². The Labute approximate surface area is 137 Å². The lowest BCUT2D eigenvalue weighted by molar-refractivity contribution is -0.152. The van der Waals surface area contributed by atoms with E-state index in [-0.39, 0.29) is 12.5 Å². The van der Waals surface area contributed by atoms with E-state index in [1.54, 1.807) is 0 Å². The maximum absolute atomic E-state index is 12.4. The average Bonchev–Trinajstić information content (AvgIpc) is 2.52. The zero-order valence-electron chi connectivity index (χ0n) is 14.0. The van der Waals surface area contributed by atoms with E-state index in [4.69, 9.17) is 4.74 Å². The van der Waals surface area contributed by atoms with Crippen molar-refractivity contribution in [2.24, 2.45) is 0 Å². The van der Waals surface area contributed by atoms with Crippen molar-refractivity contribution in [3.63, 3.8) is 0 Å². The summed E-state index contributed by atoms with van der Waals surface area (Å²) in [6.07, 6.45) is 2.21. The van der Waals surface area contributed by atoms with Crippen LogP contribution in [-0.2, 0) is 9.59 Å². The van der Waals surface area contributed by atoms with Crippen molar-refractivity contribution in [2.75, 3.05) is 13.2 Å². The highest BCUT2D eigenvalue weighted by molar-refractivity contribution is 5.84. The van der Waals surface area contributed by atoms with Gasteiger partial charge in [-0.25, -0.2) is 4.79 Å². The van der Waals surface area contributed by atoms with E-state index in [2.05, 4.69) is 13.8 Å². The Balaban J connectivity index is 2.06. The van der Waals surface area contributed by atoms with Gasteiger partial charge in [0.05, 0.1) is 0 Å². The van der Waals surface area contributed by atoms with Gasteiger partial charge in [-0.1, -0.05) is 26.0 Å². The van der Waals surface area contributed by atoms with Gasteiger partial charge in [0.2, 0.25) is 0 Å². The van der Waals surface area contributed by atoms with Crippen LogP contribution >= 0.6 is 0 Å². The average molecular weight is 319 g/mol. The second-order valence-electron chi connectivity index (χ2n) is 6.42. The maximum Gasteiger partial charge on any atom is 0.326 e. The van der Waals surface area contributed by atoms with Crippen LogP contribution in [0.15, 0.2) is 18.2 Å². The third kappa shape index (κ3) is 4.24. The van der Waals surface area contributed by atoms with Gasteiger partial charge in [-0.3, -0.25) is 4.79 Å². The zero-order chi connectivity index (χ0) is 17.0. The van der Waals surface area contributed by atoms with Gasteiger partial charge < -0.3 is 14.7 Å². The predicted octanol–water partition coefficient (Wildman–Crippen LogP) is 2.96. The first-order valence-electron chi connectivity index (χ1n) is 8.15. The normalized spacial score (nSPS) is 18.1. The molecule has 0 bridgehead atoms. The molecule has 0 saturated carbocycles. The number of carboxylic acids is 1. The summed E-state index contributed by atoms with van der Waals surface area (Å²) in [7, 11) is 0. The molecule has 1 heterocycles. The van der Waals surface area contributed by atoms with Crippen LogP contribution in [-0.4, -0.2) is 41.1 Å². The molecule has 0 aliphatic carbocycles. The predicted molar refractivity (Wildman–Crippen MR) is 87.8 cm³/mol. The highest BCUT2D eigenvalue weighted by Gasteiger charge is 2.32. The van der Waals surface area contributed by atoms with E-state index in [0.717, 1.165) is 24.0 Å². The van der Waals surface area contributed by atoms with Gasteiger partial charge in [0.1, 0.15) is 11.8 Å². The van der Waals surface area contributed by atoms with Crippen molar-refractivity contribution in [1.82, 2.24) is 4.90 Å². The summed E-state index contributed by atoms with van der Waals surface area (Å²) in [5, 5.41) is 9.26. The molecule has 5 heteroatoms. The molecule has 1 fully saturated rings. The molecule has 1 aromatic rings. The van der Waals surface area contributed by atoms with E-state index < -0.39 is 12.0 Å². The summed E-state index contributed by atoms with van der Waals surface area (Å²) in [5.41, 5.74) is 2.12. The summed E-state index contributed by atoms with van der Waals surface area (Å²) >= 11 is 0. The second-order valence-corrected chi connectivity index (χ2v) is 6.42. The van der Waals surface area contributed by atoms with E-state index in [1.807, 2.05) is 25.1 Å². The van der Waals surface area contributed by atoms with E-state index in [9.17, 15) is 14.7 Å². The SMILES string of the molecule is Cc1ccc(C(C)C)c(OCC(=O)N2CCCC[C@@H]2C(=O)O)c1. The van der Waals surface area contributed by atoms with E-state index in [1.165, 1.54) is 4.90 Å². The van der Waals surface area contributed by atoms with Gasteiger partial charge in [-0.15, -0.1) is 0 Å². The minimum atomic E-state index is -0.934. The van der Waals surface area contributed by atoms with Crippen LogP contribution in [0, 0.1) is 6.92 Å². The highest BCUT2D eigenvalue weighted by Crippen LogP contribution is 2.27. The molecule has 1 aliphatic heterocycles. The van der Waals surface area contributed by atoms with Crippen molar-refractivity contribution in [2.45, 2.75) is 52.0 Å². The van der Waals surface area contributed by atoms with Crippen molar-refractivity contribution in [1.29, 1.82) is 0 Å². The number of aliphatic carboxylic acids is 1. The van der Waals surface area contributed by atoms with Crippen molar-refractivity contribution < 1.29 is 19.4 Å². The third-order valence-corrected chi connectivity index (χ3v) is 4.25. The van der Waals surface area contributed by atoms with Gasteiger partial charge in [-0.2, -0.15) is 0 Å². The number of piperidine rings is 1. The van der Waals surface area contributed by atoms with Crippen molar-refractivity contribution in [3.8, 4) is 5.75 Å². The molecule has 0 unspecified atom stereocenters. The Morgan fingerprint density at radius 1 is 1.35 bits per heavy atom. The van der Waals surface area contributed by atoms with Crippen LogP contribution in [0.2, 0.25) is 0 Å². The molecule has 1 atom stereocenters. The molecule has 1 aromatic carbocycles. The molecule has 1 aliphatic rings. The number of ether oxygens (including phenoxy) is 1. The third-order valence-electron chi connectivity index (χ3n) is 4.25. The first kappa shape index (κ1) is 17.3. The van der Waals surface area contributed by atoms with Crippen molar-refractivity contribution >= 4 is 11.9 Å². The Bertz CT molecular complexity index is 582. The molecule has 23 heavy (non-hydrogen) atoms. The zero-order valence-corrected chi connectivity index (χ0v) is 14.0. The van der Waals surface area contributed by atoms with Crippen LogP contribution in [0.25, 0.3) is 0 Å². The van der Waals surface area contributed by atoms with Gasteiger partial charge in [0, 0.05) is 6.54 Å². The smallest absolute Gasteiger partial charge is 0.326 e. The Morgan fingerprint density at radius 2 is 2.09 bits per heavy atom. The molecule has 126 valence electrons. The molecule has 2 rings (SSSR count). The number of hydrogen-bond donors (Lipinski definition) is 1. The summed E-state index contributed by atoms with van der Waals surface area (Å²) in [6.45, 7) is 6.50. The fraction of sp³-hybridized carbons (Fsp3) is 0.556. The van der Waals surface area contributed by atoms with Gasteiger partial charge in [-0.05, 0) is 49.3 Å². The summed E-state index contributed by atoms with van der Waals surface area (Å²) in [6, 6.07) is 5.24. The standard InChI is InChI=1S/C18H25NO4/c1-12(2)14-8-7-13(3)10-16(14)23-11-17(20)19-9-5-4-6-15(19)18(21)22/h7-8,10,12,15H,4-6,9,11H2,1-3H3,(H,21,22)/t15-/m1/s1. The van der Waals surface area contributed by atoms with Gasteiger partial charge >= 0.3 is 5.97 Å². The molecular formula is C18H25NO4. The summed E-state index contributed by atoms with van der Waals surface area (Å²) in [4.78, 5) is 25.1. The number of hydrogen-bond acceptors (Lipinski definition) is 3. The minimum absolute atomic E-state index is 0.118. The van der Waals surface area contributed by atoms with Gasteiger partial charge in [0.15, 0.2) is 6.61 Å². The molecule has 1 amide bonds. The number of aryl methyl sites for hydroxylation is 1. The minimum Gasteiger partial charge on any atom is -0.483 e. The van der Waals surface area contributed by atoms with E-state index >= 15 is 0 Å². The number of rotatable bonds is 5. The lowest BCUT2D eigenvalue weighted by atomic mass is 10.0. The summed E-state index contributed by atoms with van der Waals surface area (Å²) < 4.78 is 5.74.